The number of hydrogen-bond acceptors (Lipinski definition) is 3. The number of nitrogens with one attached hydrogen (secondary N) is 1. The van der Waals surface area contributed by atoms with Crippen LogP contribution in [0.3, 0.4) is 0 Å². The van der Waals surface area contributed by atoms with E-state index in [0.717, 1.165) is 12.0 Å². The summed E-state index contributed by atoms with van der Waals surface area (Å²) in [5.74, 6) is 0.927. The number of nitrogens with zero attached hydrogens (tertiary/aromatic N) is 1. The van der Waals surface area contributed by atoms with E-state index in [2.05, 4.69) is 43.2 Å². The Morgan fingerprint density at radius 2 is 2.10 bits per heavy atom. The third kappa shape index (κ3) is 3.56. The number of pyridine rings is 1. The monoisotopic (exact) mass is 270 g/mol. The standard InChI is InChI=1S/C17H22N2O/c1-12-11-13(8-9-17(2,3)4)15(16(12)20)19-14-7-5-6-10-18-14/h5-10,12H,11H2,1-4H3,(H,18,19)/b9-8+. The lowest BCUT2D eigenvalue weighted by Gasteiger charge is -2.12. The number of carbonyl (C=O) groups is 1. The third-order valence-corrected chi connectivity index (χ3v) is 3.24. The van der Waals surface area contributed by atoms with E-state index in [9.17, 15) is 4.79 Å². The van der Waals surface area contributed by atoms with Crippen LogP contribution in [0.1, 0.15) is 34.1 Å². The van der Waals surface area contributed by atoms with E-state index >= 15 is 0 Å². The highest BCUT2D eigenvalue weighted by atomic mass is 16.1. The van der Waals surface area contributed by atoms with Crippen molar-refractivity contribution in [2.24, 2.45) is 11.3 Å². The minimum Gasteiger partial charge on any atom is -0.337 e. The van der Waals surface area contributed by atoms with Gasteiger partial charge in [-0.1, -0.05) is 45.9 Å². The molecule has 0 amide bonds. The molecule has 1 N–H and O–H groups in total. The second-order valence-corrected chi connectivity index (χ2v) is 6.41. The summed E-state index contributed by atoms with van der Waals surface area (Å²) < 4.78 is 0. The summed E-state index contributed by atoms with van der Waals surface area (Å²) in [5.41, 5.74) is 1.87. The molecule has 20 heavy (non-hydrogen) atoms. The maximum atomic E-state index is 12.3. The van der Waals surface area contributed by atoms with Crippen LogP contribution in [0.15, 0.2) is 47.8 Å². The molecule has 1 aliphatic carbocycles. The number of hydrogen-bond donors (Lipinski definition) is 1. The topological polar surface area (TPSA) is 42.0 Å². The zero-order valence-corrected chi connectivity index (χ0v) is 12.6. The number of ketones is 1. The summed E-state index contributed by atoms with van der Waals surface area (Å²) in [7, 11) is 0. The highest BCUT2D eigenvalue weighted by Gasteiger charge is 2.29. The van der Waals surface area contributed by atoms with Crippen LogP contribution < -0.4 is 5.32 Å². The Balaban J connectivity index is 2.28. The minimum atomic E-state index is 0.0424. The van der Waals surface area contributed by atoms with E-state index in [-0.39, 0.29) is 17.1 Å². The quantitative estimate of drug-likeness (QED) is 0.904. The molecule has 1 heterocycles. The van der Waals surface area contributed by atoms with Crippen LogP contribution in [0.4, 0.5) is 5.82 Å². The van der Waals surface area contributed by atoms with Crippen molar-refractivity contribution in [3.8, 4) is 0 Å². The Morgan fingerprint density at radius 1 is 1.35 bits per heavy atom. The first kappa shape index (κ1) is 14.5. The fourth-order valence-electron chi connectivity index (χ4n) is 2.14. The van der Waals surface area contributed by atoms with Gasteiger partial charge in [-0.3, -0.25) is 4.79 Å². The van der Waals surface area contributed by atoms with Crippen LogP contribution in [0.5, 0.6) is 0 Å². The number of carbonyl (C=O) groups excluding carboxylic acids is 1. The first-order valence-corrected chi connectivity index (χ1v) is 7.01. The van der Waals surface area contributed by atoms with Crippen LogP contribution in [-0.4, -0.2) is 10.8 Å². The predicted octanol–water partition coefficient (Wildman–Crippen LogP) is 3.96. The van der Waals surface area contributed by atoms with Crippen molar-refractivity contribution >= 4 is 11.6 Å². The fourth-order valence-corrected chi connectivity index (χ4v) is 2.14. The molecule has 106 valence electrons. The van der Waals surface area contributed by atoms with Crippen LogP contribution in [-0.2, 0) is 4.79 Å². The number of Topliss-reactive ketones (excluding diaryl/α,β-unsaturated/α-hetero) is 1. The molecule has 0 saturated carbocycles. The summed E-state index contributed by atoms with van der Waals surface area (Å²) in [6.07, 6.45) is 6.73. The van der Waals surface area contributed by atoms with Crippen molar-refractivity contribution in [1.29, 1.82) is 0 Å². The Labute approximate surface area is 120 Å². The second-order valence-electron chi connectivity index (χ2n) is 6.41. The molecule has 2 rings (SSSR count). The molecule has 0 fully saturated rings. The third-order valence-electron chi connectivity index (χ3n) is 3.24. The van der Waals surface area contributed by atoms with Gasteiger partial charge in [0.1, 0.15) is 5.82 Å². The molecule has 0 aliphatic heterocycles. The number of rotatable bonds is 3. The van der Waals surface area contributed by atoms with E-state index in [1.807, 2.05) is 25.1 Å². The van der Waals surface area contributed by atoms with Gasteiger partial charge in [0.15, 0.2) is 5.78 Å². The second kappa shape index (κ2) is 5.61. The molecular weight excluding hydrogens is 248 g/mol. The van der Waals surface area contributed by atoms with Gasteiger partial charge in [-0.25, -0.2) is 4.98 Å². The Kier molecular flexibility index (Phi) is 4.07. The predicted molar refractivity (Wildman–Crippen MR) is 82.3 cm³/mol. The number of anilines is 1. The molecule has 0 spiro atoms. The highest BCUT2D eigenvalue weighted by Crippen LogP contribution is 2.30. The first-order valence-electron chi connectivity index (χ1n) is 7.01. The maximum absolute atomic E-state index is 12.3. The normalized spacial score (nSPS) is 20.0. The van der Waals surface area contributed by atoms with Crippen LogP contribution in [0, 0.1) is 11.3 Å². The molecule has 0 radical (unpaired) electrons. The Hall–Kier alpha value is -1.90. The zero-order valence-electron chi connectivity index (χ0n) is 12.6. The Morgan fingerprint density at radius 3 is 2.70 bits per heavy atom. The van der Waals surface area contributed by atoms with Crippen LogP contribution >= 0.6 is 0 Å². The van der Waals surface area contributed by atoms with Gasteiger partial charge in [0, 0.05) is 12.1 Å². The molecule has 1 atom stereocenters. The van der Waals surface area contributed by atoms with Gasteiger partial charge in [0.05, 0.1) is 5.70 Å². The average molecular weight is 270 g/mol. The van der Waals surface area contributed by atoms with Crippen molar-refractivity contribution in [3.05, 3.63) is 47.8 Å². The molecular formula is C17H22N2O. The SMILES string of the molecule is CC1CC(/C=C/C(C)(C)C)=C(Nc2ccccn2)C1=O. The molecule has 0 saturated heterocycles. The summed E-state index contributed by atoms with van der Waals surface area (Å²) in [4.78, 5) is 16.5. The van der Waals surface area contributed by atoms with Gasteiger partial charge in [-0.05, 0) is 29.5 Å². The van der Waals surface area contributed by atoms with Crippen molar-refractivity contribution in [1.82, 2.24) is 4.98 Å². The van der Waals surface area contributed by atoms with E-state index in [1.165, 1.54) is 0 Å². The maximum Gasteiger partial charge on any atom is 0.182 e. The van der Waals surface area contributed by atoms with Gasteiger partial charge in [0.2, 0.25) is 0 Å². The first-order chi connectivity index (χ1) is 9.37. The van der Waals surface area contributed by atoms with Crippen LogP contribution in [0.25, 0.3) is 0 Å². The number of aromatic nitrogens is 1. The molecule has 1 aromatic rings. The summed E-state index contributed by atoms with van der Waals surface area (Å²) >= 11 is 0. The highest BCUT2D eigenvalue weighted by molar-refractivity contribution is 6.03. The van der Waals surface area contributed by atoms with E-state index in [1.54, 1.807) is 6.20 Å². The van der Waals surface area contributed by atoms with Gasteiger partial charge in [-0.2, -0.15) is 0 Å². The van der Waals surface area contributed by atoms with E-state index < -0.39 is 0 Å². The van der Waals surface area contributed by atoms with Gasteiger partial charge >= 0.3 is 0 Å². The van der Waals surface area contributed by atoms with E-state index in [4.69, 9.17) is 0 Å². The average Bonchev–Trinajstić information content (AvgIpc) is 2.65. The zero-order chi connectivity index (χ0) is 14.8. The minimum absolute atomic E-state index is 0.0424. The molecule has 1 aliphatic rings. The summed E-state index contributed by atoms with van der Waals surface area (Å²) in [6.45, 7) is 8.42. The van der Waals surface area contributed by atoms with Crippen molar-refractivity contribution in [2.45, 2.75) is 34.1 Å². The van der Waals surface area contributed by atoms with Gasteiger partial charge in [-0.15, -0.1) is 0 Å². The van der Waals surface area contributed by atoms with Gasteiger partial charge in [0.25, 0.3) is 0 Å². The Bertz CT molecular complexity index is 550. The lowest BCUT2D eigenvalue weighted by molar-refractivity contribution is -0.117. The molecule has 1 unspecified atom stereocenters. The van der Waals surface area contributed by atoms with Crippen LogP contribution in [0.2, 0.25) is 0 Å². The van der Waals surface area contributed by atoms with Crippen molar-refractivity contribution < 1.29 is 4.79 Å². The van der Waals surface area contributed by atoms with Crippen molar-refractivity contribution in [3.63, 3.8) is 0 Å². The molecule has 0 bridgehead atoms. The molecule has 0 aromatic carbocycles. The fraction of sp³-hybridized carbons (Fsp3) is 0.412. The largest absolute Gasteiger partial charge is 0.337 e. The summed E-state index contributed by atoms with van der Waals surface area (Å²) in [5, 5.41) is 3.18. The lowest BCUT2D eigenvalue weighted by atomic mass is 9.95. The smallest absolute Gasteiger partial charge is 0.182 e. The molecule has 3 nitrogen and oxygen atoms in total. The van der Waals surface area contributed by atoms with Gasteiger partial charge < -0.3 is 5.32 Å². The molecule has 3 heteroatoms. The number of allylic oxidation sites excluding steroid dienone is 4. The lowest BCUT2D eigenvalue weighted by Crippen LogP contribution is -2.13. The molecule has 1 aromatic heterocycles. The summed E-state index contributed by atoms with van der Waals surface area (Å²) in [6, 6.07) is 5.64. The van der Waals surface area contributed by atoms with E-state index in [0.29, 0.717) is 11.5 Å². The van der Waals surface area contributed by atoms with Crippen molar-refractivity contribution in [2.75, 3.05) is 5.32 Å².